The number of esters is 1. The molecule has 0 bridgehead atoms. The van der Waals surface area contributed by atoms with E-state index in [9.17, 15) is 19.2 Å². The minimum absolute atomic E-state index is 0.150. The van der Waals surface area contributed by atoms with Gasteiger partial charge in [0.05, 0.1) is 0 Å². The van der Waals surface area contributed by atoms with Gasteiger partial charge in [0.25, 0.3) is 11.8 Å². The lowest BCUT2D eigenvalue weighted by Gasteiger charge is -2.11. The third-order valence-corrected chi connectivity index (χ3v) is 3.82. The van der Waals surface area contributed by atoms with Crippen LogP contribution in [-0.4, -0.2) is 55.8 Å². The molecule has 3 amide bonds. The van der Waals surface area contributed by atoms with E-state index in [0.717, 1.165) is 5.56 Å². The molecule has 2 N–H and O–H groups in total. The van der Waals surface area contributed by atoms with Crippen molar-refractivity contribution in [2.45, 2.75) is 0 Å². The van der Waals surface area contributed by atoms with Gasteiger partial charge in [-0.15, -0.1) is 0 Å². The summed E-state index contributed by atoms with van der Waals surface area (Å²) in [6, 6.07) is 15.6. The first-order valence-corrected chi connectivity index (χ1v) is 9.13. The van der Waals surface area contributed by atoms with Crippen LogP contribution in [0.3, 0.4) is 0 Å². The van der Waals surface area contributed by atoms with E-state index >= 15 is 0 Å². The molecule has 0 aliphatic carbocycles. The number of anilines is 1. The van der Waals surface area contributed by atoms with Crippen LogP contribution in [-0.2, 0) is 19.1 Å². The second-order valence-corrected chi connectivity index (χ2v) is 6.45. The summed E-state index contributed by atoms with van der Waals surface area (Å²) in [7, 11) is 3.29. The number of carbonyl (C=O) groups excluding carboxylic acids is 4. The Morgan fingerprint density at radius 3 is 2.27 bits per heavy atom. The molecule has 30 heavy (non-hydrogen) atoms. The molecule has 2 rings (SSSR count). The van der Waals surface area contributed by atoms with Crippen molar-refractivity contribution in [3.8, 4) is 0 Å². The third-order valence-electron chi connectivity index (χ3n) is 3.82. The summed E-state index contributed by atoms with van der Waals surface area (Å²) in [4.78, 5) is 48.5. The standard InChI is InChI=1S/C22H23N3O5/c1-25(2)22(29)17-9-11-18(12-10-17)24-20(27)15-30-21(28)14-23-19(26)13-8-16-6-4-3-5-7-16/h3-13H,14-15H2,1-2H3,(H,23,26)(H,24,27)/b13-8+. The van der Waals surface area contributed by atoms with E-state index in [1.807, 2.05) is 30.3 Å². The van der Waals surface area contributed by atoms with E-state index in [4.69, 9.17) is 4.74 Å². The molecule has 2 aromatic carbocycles. The number of amides is 3. The highest BCUT2D eigenvalue weighted by Gasteiger charge is 2.10. The maximum absolute atomic E-state index is 11.9. The fourth-order valence-corrected chi connectivity index (χ4v) is 2.30. The van der Waals surface area contributed by atoms with Crippen LogP contribution >= 0.6 is 0 Å². The first-order valence-electron chi connectivity index (χ1n) is 9.13. The summed E-state index contributed by atoms with van der Waals surface area (Å²) in [6.07, 6.45) is 2.92. The minimum Gasteiger partial charge on any atom is -0.454 e. The van der Waals surface area contributed by atoms with Gasteiger partial charge in [0.1, 0.15) is 6.54 Å². The molecule has 0 saturated carbocycles. The van der Waals surface area contributed by atoms with Crippen molar-refractivity contribution in [3.63, 3.8) is 0 Å². The van der Waals surface area contributed by atoms with Crippen molar-refractivity contribution in [3.05, 3.63) is 71.8 Å². The molecule has 156 valence electrons. The van der Waals surface area contributed by atoms with Gasteiger partial charge in [-0.1, -0.05) is 30.3 Å². The largest absolute Gasteiger partial charge is 0.454 e. The number of hydrogen-bond donors (Lipinski definition) is 2. The Hall–Kier alpha value is -3.94. The molecule has 0 atom stereocenters. The first-order chi connectivity index (χ1) is 14.3. The lowest BCUT2D eigenvalue weighted by molar-refractivity contribution is -0.146. The topological polar surface area (TPSA) is 105 Å². The smallest absolute Gasteiger partial charge is 0.325 e. The van der Waals surface area contributed by atoms with Crippen LogP contribution in [0.1, 0.15) is 15.9 Å². The number of ether oxygens (including phenoxy) is 1. The second kappa shape index (κ2) is 11.2. The van der Waals surface area contributed by atoms with Crippen molar-refractivity contribution >= 4 is 35.5 Å². The van der Waals surface area contributed by atoms with Crippen molar-refractivity contribution in [1.29, 1.82) is 0 Å². The quantitative estimate of drug-likeness (QED) is 0.510. The molecule has 0 radical (unpaired) electrons. The van der Waals surface area contributed by atoms with Crippen molar-refractivity contribution in [2.75, 3.05) is 32.6 Å². The van der Waals surface area contributed by atoms with Gasteiger partial charge in [0.15, 0.2) is 6.61 Å². The second-order valence-electron chi connectivity index (χ2n) is 6.45. The van der Waals surface area contributed by atoms with E-state index in [2.05, 4.69) is 10.6 Å². The van der Waals surface area contributed by atoms with Crippen LogP contribution < -0.4 is 10.6 Å². The zero-order valence-electron chi connectivity index (χ0n) is 16.8. The molecule has 0 spiro atoms. The molecular weight excluding hydrogens is 386 g/mol. The van der Waals surface area contributed by atoms with Gasteiger partial charge in [-0.05, 0) is 35.9 Å². The molecule has 0 heterocycles. The summed E-state index contributed by atoms with van der Waals surface area (Å²) >= 11 is 0. The Balaban J connectivity index is 1.70. The van der Waals surface area contributed by atoms with E-state index in [1.165, 1.54) is 11.0 Å². The highest BCUT2D eigenvalue weighted by atomic mass is 16.5. The fourth-order valence-electron chi connectivity index (χ4n) is 2.30. The van der Waals surface area contributed by atoms with Gasteiger partial charge in [-0.3, -0.25) is 19.2 Å². The summed E-state index contributed by atoms with van der Waals surface area (Å²) in [5.41, 5.74) is 1.80. The molecule has 2 aromatic rings. The average molecular weight is 409 g/mol. The Kier molecular flexibility index (Phi) is 8.31. The van der Waals surface area contributed by atoms with E-state index in [1.54, 1.807) is 44.4 Å². The first kappa shape index (κ1) is 22.4. The Labute approximate surface area is 174 Å². The van der Waals surface area contributed by atoms with Gasteiger partial charge >= 0.3 is 5.97 Å². The Morgan fingerprint density at radius 1 is 0.967 bits per heavy atom. The molecular formula is C22H23N3O5. The fraction of sp³-hybridized carbons (Fsp3) is 0.182. The minimum atomic E-state index is -0.737. The average Bonchev–Trinajstić information content (AvgIpc) is 2.75. The summed E-state index contributed by atoms with van der Waals surface area (Å²) < 4.78 is 4.83. The van der Waals surface area contributed by atoms with Gasteiger partial charge in [-0.2, -0.15) is 0 Å². The molecule has 8 nitrogen and oxygen atoms in total. The van der Waals surface area contributed by atoms with Crippen LogP contribution in [0.15, 0.2) is 60.7 Å². The number of nitrogens with one attached hydrogen (secondary N) is 2. The number of rotatable bonds is 8. The molecule has 0 aliphatic rings. The maximum atomic E-state index is 11.9. The highest BCUT2D eigenvalue weighted by molar-refractivity contribution is 5.96. The zero-order valence-corrected chi connectivity index (χ0v) is 16.8. The lowest BCUT2D eigenvalue weighted by Crippen LogP contribution is -2.31. The molecule has 0 aliphatic heterocycles. The van der Waals surface area contributed by atoms with Crippen molar-refractivity contribution in [2.24, 2.45) is 0 Å². The summed E-state index contributed by atoms with van der Waals surface area (Å²) in [6.45, 7) is -0.848. The van der Waals surface area contributed by atoms with E-state index < -0.39 is 24.4 Å². The molecule has 0 unspecified atom stereocenters. The number of nitrogens with zero attached hydrogens (tertiary/aromatic N) is 1. The normalized spacial score (nSPS) is 10.3. The Morgan fingerprint density at radius 2 is 1.63 bits per heavy atom. The summed E-state index contributed by atoms with van der Waals surface area (Å²) in [5.74, 6) is -1.88. The number of carbonyl (C=O) groups is 4. The highest BCUT2D eigenvalue weighted by Crippen LogP contribution is 2.10. The van der Waals surface area contributed by atoms with Gasteiger partial charge in [0, 0.05) is 31.4 Å². The van der Waals surface area contributed by atoms with E-state index in [0.29, 0.717) is 11.3 Å². The number of hydrogen-bond acceptors (Lipinski definition) is 5. The van der Waals surface area contributed by atoms with Gasteiger partial charge < -0.3 is 20.3 Å². The number of benzene rings is 2. The van der Waals surface area contributed by atoms with Gasteiger partial charge in [0.2, 0.25) is 5.91 Å². The third kappa shape index (κ3) is 7.59. The zero-order chi connectivity index (χ0) is 21.9. The maximum Gasteiger partial charge on any atom is 0.325 e. The summed E-state index contributed by atoms with van der Waals surface area (Å²) in [5, 5.41) is 4.94. The van der Waals surface area contributed by atoms with E-state index in [-0.39, 0.29) is 12.5 Å². The SMILES string of the molecule is CN(C)C(=O)c1ccc(NC(=O)COC(=O)CNC(=O)/C=C/c2ccccc2)cc1. The van der Waals surface area contributed by atoms with Crippen LogP contribution in [0.5, 0.6) is 0 Å². The monoisotopic (exact) mass is 409 g/mol. The lowest BCUT2D eigenvalue weighted by atomic mass is 10.2. The molecule has 0 fully saturated rings. The molecule has 8 heteroatoms. The molecule has 0 saturated heterocycles. The van der Waals surface area contributed by atoms with Crippen molar-refractivity contribution < 1.29 is 23.9 Å². The van der Waals surface area contributed by atoms with Gasteiger partial charge in [-0.25, -0.2) is 0 Å². The van der Waals surface area contributed by atoms with Crippen LogP contribution in [0, 0.1) is 0 Å². The van der Waals surface area contributed by atoms with Crippen LogP contribution in [0.2, 0.25) is 0 Å². The van der Waals surface area contributed by atoms with Crippen LogP contribution in [0.25, 0.3) is 6.08 Å². The van der Waals surface area contributed by atoms with Crippen molar-refractivity contribution in [1.82, 2.24) is 10.2 Å². The molecule has 0 aromatic heterocycles. The Bertz CT molecular complexity index is 922. The predicted molar refractivity (Wildman–Crippen MR) is 113 cm³/mol. The van der Waals surface area contributed by atoms with Crippen LogP contribution in [0.4, 0.5) is 5.69 Å². The predicted octanol–water partition coefficient (Wildman–Crippen LogP) is 1.70.